The average Bonchev–Trinajstić information content (AvgIpc) is 3.39. The van der Waals surface area contributed by atoms with Gasteiger partial charge in [0.1, 0.15) is 12.8 Å². The maximum Gasteiger partial charge on any atom is 0.273 e. The van der Waals surface area contributed by atoms with Crippen LogP contribution in [0.3, 0.4) is 0 Å². The number of benzene rings is 1. The Kier molecular flexibility index (Phi) is 7.86. The summed E-state index contributed by atoms with van der Waals surface area (Å²) in [5.74, 6) is 0.730. The van der Waals surface area contributed by atoms with Gasteiger partial charge in [-0.15, -0.1) is 0 Å². The Bertz CT molecular complexity index is 1160. The molecule has 5 rings (SSSR count). The number of aromatic nitrogens is 3. The Morgan fingerprint density at radius 2 is 2.06 bits per heavy atom. The molecule has 0 saturated heterocycles. The van der Waals surface area contributed by atoms with Gasteiger partial charge in [-0.1, -0.05) is 17.4 Å². The Morgan fingerprint density at radius 1 is 1.25 bits per heavy atom. The van der Waals surface area contributed by atoms with Crippen LogP contribution in [0.5, 0.6) is 5.19 Å². The quantitative estimate of drug-likeness (QED) is 0.479. The summed E-state index contributed by atoms with van der Waals surface area (Å²) in [5.41, 5.74) is 2.69. The number of rotatable bonds is 8. The van der Waals surface area contributed by atoms with Crippen molar-refractivity contribution in [3.05, 3.63) is 40.5 Å². The van der Waals surface area contributed by atoms with E-state index in [1.807, 2.05) is 31.4 Å². The van der Waals surface area contributed by atoms with Gasteiger partial charge in [0.25, 0.3) is 11.1 Å². The van der Waals surface area contributed by atoms with E-state index in [0.29, 0.717) is 10.8 Å². The number of carbonyl (C=O) groups excluding carboxylic acids is 1. The number of nitrogens with zero attached hydrogens (tertiary/aromatic N) is 4. The highest BCUT2D eigenvalue weighted by molar-refractivity contribution is 7.13. The lowest BCUT2D eigenvalue weighted by molar-refractivity contribution is 0.0921. The lowest BCUT2D eigenvalue weighted by Crippen LogP contribution is -2.38. The van der Waals surface area contributed by atoms with Crippen LogP contribution in [0, 0.1) is 5.92 Å². The minimum Gasteiger partial charge on any atom is -0.467 e. The Hall–Kier alpha value is -2.52. The third-order valence-corrected chi connectivity index (χ3v) is 8.53. The maximum absolute atomic E-state index is 13.0. The number of carbonyl (C=O) groups is 1. The summed E-state index contributed by atoms with van der Waals surface area (Å²) in [5, 5.41) is 9.21. The van der Waals surface area contributed by atoms with Crippen LogP contribution < -0.4 is 10.1 Å². The van der Waals surface area contributed by atoms with Gasteiger partial charge in [-0.2, -0.15) is 5.10 Å². The molecular weight excluding hydrogens is 477 g/mol. The monoisotopic (exact) mass is 513 g/mol. The number of ether oxygens (including phenoxy) is 1. The van der Waals surface area contributed by atoms with E-state index in [-0.39, 0.29) is 18.6 Å². The van der Waals surface area contributed by atoms with Crippen molar-refractivity contribution in [1.29, 1.82) is 0 Å². The Morgan fingerprint density at radius 3 is 2.86 bits per heavy atom. The van der Waals surface area contributed by atoms with Crippen LogP contribution in [0.25, 0.3) is 10.9 Å². The second-order valence-corrected chi connectivity index (χ2v) is 11.4. The molecule has 9 heteroatoms. The molecule has 1 aliphatic carbocycles. The van der Waals surface area contributed by atoms with Crippen LogP contribution in [0.2, 0.25) is 0 Å². The predicted molar refractivity (Wildman–Crippen MR) is 141 cm³/mol. The van der Waals surface area contributed by atoms with E-state index in [4.69, 9.17) is 4.74 Å². The molecule has 1 unspecified atom stereocenters. The first-order valence-corrected chi connectivity index (χ1v) is 14.0. The molecule has 1 amide bonds. The first-order valence-electron chi connectivity index (χ1n) is 13.2. The van der Waals surface area contributed by atoms with Gasteiger partial charge in [-0.05, 0) is 70.0 Å². The molecule has 0 bridgehead atoms. The van der Waals surface area contributed by atoms with Gasteiger partial charge in [0.05, 0.1) is 16.8 Å². The molecule has 1 aromatic carbocycles. The number of amides is 1. The number of hydrogen-bond acceptors (Lipinski definition) is 6. The molecule has 1 atom stereocenters. The van der Waals surface area contributed by atoms with Crippen LogP contribution in [-0.4, -0.2) is 64.0 Å². The molecule has 1 N–H and O–H groups in total. The van der Waals surface area contributed by atoms with E-state index in [0.717, 1.165) is 67.8 Å². The fourth-order valence-electron chi connectivity index (χ4n) is 5.44. The summed E-state index contributed by atoms with van der Waals surface area (Å²) in [6.45, 7) is 4.75. The van der Waals surface area contributed by atoms with E-state index in [2.05, 4.69) is 20.3 Å². The van der Waals surface area contributed by atoms with Gasteiger partial charge < -0.3 is 15.0 Å². The Balaban J connectivity index is 1.04. The van der Waals surface area contributed by atoms with Gasteiger partial charge >= 0.3 is 0 Å². The van der Waals surface area contributed by atoms with E-state index < -0.39 is 6.17 Å². The first kappa shape index (κ1) is 25.1. The normalized spacial score (nSPS) is 21.6. The summed E-state index contributed by atoms with van der Waals surface area (Å²) in [6.07, 6.45) is 8.49. The zero-order chi connectivity index (χ0) is 25.1. The van der Waals surface area contributed by atoms with E-state index >= 15 is 0 Å². The van der Waals surface area contributed by atoms with Crippen molar-refractivity contribution < 1.29 is 13.9 Å². The first-order chi connectivity index (χ1) is 17.4. The lowest BCUT2D eigenvalue weighted by Gasteiger charge is -2.30. The molecule has 2 aromatic heterocycles. The molecule has 1 saturated carbocycles. The minimum absolute atomic E-state index is 0.00968. The van der Waals surface area contributed by atoms with Crippen molar-refractivity contribution in [3.8, 4) is 5.19 Å². The van der Waals surface area contributed by atoms with E-state index in [1.165, 1.54) is 31.1 Å². The zero-order valence-electron chi connectivity index (χ0n) is 21.2. The minimum atomic E-state index is -0.975. The largest absolute Gasteiger partial charge is 0.467 e. The van der Waals surface area contributed by atoms with Crippen LogP contribution in [0.1, 0.15) is 60.0 Å². The Labute approximate surface area is 216 Å². The number of hydrogen-bond donors (Lipinski definition) is 1. The highest BCUT2D eigenvalue weighted by Gasteiger charge is 2.25. The SMILES string of the molecule is CC(F)COc1nc2c(s1)CCN(CC[C@H]1CC[C@H](NC(=O)c3cccc4nn(C)cc34)CC1)CC2. The predicted octanol–water partition coefficient (Wildman–Crippen LogP) is 4.55. The molecule has 1 aliphatic heterocycles. The highest BCUT2D eigenvalue weighted by atomic mass is 32.1. The van der Waals surface area contributed by atoms with Crippen molar-refractivity contribution in [2.45, 2.75) is 64.1 Å². The van der Waals surface area contributed by atoms with Gasteiger partial charge in [0, 0.05) is 49.1 Å². The number of nitrogens with one attached hydrogen (secondary N) is 1. The number of halogens is 1. The smallest absolute Gasteiger partial charge is 0.273 e. The molecule has 0 radical (unpaired) electrons. The summed E-state index contributed by atoms with van der Waals surface area (Å²) >= 11 is 1.58. The number of alkyl halides is 1. The second kappa shape index (κ2) is 11.3. The van der Waals surface area contributed by atoms with Crippen LogP contribution in [-0.2, 0) is 19.9 Å². The number of aryl methyl sites for hydroxylation is 1. The van der Waals surface area contributed by atoms with Crippen LogP contribution >= 0.6 is 11.3 Å². The fourth-order valence-corrected chi connectivity index (χ4v) is 6.39. The molecule has 194 valence electrons. The van der Waals surface area contributed by atoms with Gasteiger partial charge in [-0.25, -0.2) is 9.37 Å². The molecule has 3 heterocycles. The van der Waals surface area contributed by atoms with Gasteiger partial charge in [0.2, 0.25) is 0 Å². The standard InChI is InChI=1S/C27H36FN5O2S/c1-18(28)17-35-27-30-24-11-14-33(15-12-25(24)36-27)13-10-19-6-8-20(9-7-19)29-26(34)21-4-3-5-23-22(21)16-32(2)31-23/h3-5,16,18-20H,6-15,17H2,1-2H3,(H,29,34)/t18?,19-,20-. The van der Waals surface area contributed by atoms with Gasteiger partial charge in [-0.3, -0.25) is 9.48 Å². The molecule has 3 aromatic rings. The third-order valence-electron chi connectivity index (χ3n) is 7.46. The van der Waals surface area contributed by atoms with Crippen LogP contribution in [0.4, 0.5) is 4.39 Å². The topological polar surface area (TPSA) is 72.3 Å². The summed E-state index contributed by atoms with van der Waals surface area (Å²) in [4.78, 5) is 21.4. The van der Waals surface area contributed by atoms with Crippen molar-refractivity contribution in [2.24, 2.45) is 13.0 Å². The third kappa shape index (κ3) is 6.06. The van der Waals surface area contributed by atoms with E-state index in [9.17, 15) is 9.18 Å². The molecule has 36 heavy (non-hydrogen) atoms. The maximum atomic E-state index is 13.0. The van der Waals surface area contributed by atoms with Crippen LogP contribution in [0.15, 0.2) is 24.4 Å². The summed E-state index contributed by atoms with van der Waals surface area (Å²) in [7, 11) is 1.88. The van der Waals surface area contributed by atoms with Crippen molar-refractivity contribution in [2.75, 3.05) is 26.2 Å². The zero-order valence-corrected chi connectivity index (χ0v) is 22.0. The molecule has 0 spiro atoms. The van der Waals surface area contributed by atoms with Crippen molar-refractivity contribution in [3.63, 3.8) is 0 Å². The lowest BCUT2D eigenvalue weighted by atomic mass is 9.84. The molecular formula is C27H36FN5O2S. The molecule has 1 fully saturated rings. The molecule has 2 aliphatic rings. The highest BCUT2D eigenvalue weighted by Crippen LogP contribution is 2.30. The summed E-state index contributed by atoms with van der Waals surface area (Å²) in [6, 6.07) is 5.98. The summed E-state index contributed by atoms with van der Waals surface area (Å²) < 4.78 is 20.3. The van der Waals surface area contributed by atoms with Gasteiger partial charge in [0.15, 0.2) is 0 Å². The average molecular weight is 514 g/mol. The van der Waals surface area contributed by atoms with Crippen molar-refractivity contribution >= 4 is 28.1 Å². The second-order valence-electron chi connectivity index (χ2n) is 10.3. The fraction of sp³-hybridized carbons (Fsp3) is 0.593. The molecule has 7 nitrogen and oxygen atoms in total. The van der Waals surface area contributed by atoms with Crippen molar-refractivity contribution in [1.82, 2.24) is 25.0 Å². The van der Waals surface area contributed by atoms with E-state index in [1.54, 1.807) is 16.0 Å². The number of fused-ring (bicyclic) bond motifs is 2. The number of thiazole rings is 1.